The van der Waals surface area contributed by atoms with E-state index in [1.165, 1.54) is 6.07 Å². The zero-order chi connectivity index (χ0) is 17.1. The van der Waals surface area contributed by atoms with Crippen LogP contribution in [-0.4, -0.2) is 38.1 Å². The number of hydrogen-bond acceptors (Lipinski definition) is 2. The number of nitrogens with one attached hydrogen (secondary N) is 1. The molecule has 1 aromatic rings. The van der Waals surface area contributed by atoms with Crippen molar-refractivity contribution in [2.75, 3.05) is 27.2 Å². The van der Waals surface area contributed by atoms with Crippen molar-refractivity contribution in [3.8, 4) is 0 Å². The Morgan fingerprint density at radius 2 is 2.21 bits per heavy atom. The molecule has 0 amide bonds. The smallest absolute Gasteiger partial charge is 0.193 e. The summed E-state index contributed by atoms with van der Waals surface area (Å²) in [6.45, 7) is 8.28. The van der Waals surface area contributed by atoms with Crippen LogP contribution in [0.15, 0.2) is 35.8 Å². The summed E-state index contributed by atoms with van der Waals surface area (Å²) in [5.41, 5.74) is 1.53. The number of nitrogens with zero attached hydrogens (tertiary/aromatic N) is 2. The molecule has 0 aliphatic heterocycles. The van der Waals surface area contributed by atoms with Gasteiger partial charge in [0.15, 0.2) is 5.96 Å². The van der Waals surface area contributed by atoms with Gasteiger partial charge in [-0.2, -0.15) is 0 Å². The molecule has 0 aromatic heterocycles. The number of halogens is 2. The normalized spacial score (nSPS) is 10.9. The average Bonchev–Trinajstić information content (AvgIpc) is 2.54. The van der Waals surface area contributed by atoms with E-state index in [2.05, 4.69) is 21.8 Å². The fourth-order valence-corrected chi connectivity index (χ4v) is 2.21. The third-order valence-corrected chi connectivity index (χ3v) is 3.42. The lowest BCUT2D eigenvalue weighted by molar-refractivity contribution is 0.181. The zero-order valence-electron chi connectivity index (χ0n) is 14.8. The molecule has 0 aliphatic rings. The summed E-state index contributed by atoms with van der Waals surface area (Å²) in [6, 6.07) is 5.04. The van der Waals surface area contributed by atoms with Crippen molar-refractivity contribution >= 4 is 29.9 Å². The van der Waals surface area contributed by atoms with E-state index in [4.69, 9.17) is 4.74 Å². The van der Waals surface area contributed by atoms with Crippen LogP contribution in [-0.2, 0) is 17.9 Å². The Morgan fingerprint density at radius 3 is 2.83 bits per heavy atom. The van der Waals surface area contributed by atoms with E-state index in [9.17, 15) is 4.39 Å². The van der Waals surface area contributed by atoms with E-state index in [1.807, 2.05) is 26.1 Å². The molecule has 0 aliphatic carbocycles. The molecule has 0 spiro atoms. The van der Waals surface area contributed by atoms with Crippen molar-refractivity contribution in [1.29, 1.82) is 0 Å². The Bertz CT molecular complexity index is 523. The maximum atomic E-state index is 13.6. The van der Waals surface area contributed by atoms with Crippen LogP contribution in [0.25, 0.3) is 0 Å². The zero-order valence-corrected chi connectivity index (χ0v) is 17.2. The summed E-state index contributed by atoms with van der Waals surface area (Å²) in [5, 5.41) is 3.28. The maximum Gasteiger partial charge on any atom is 0.193 e. The van der Waals surface area contributed by atoms with Crippen molar-refractivity contribution in [2.24, 2.45) is 4.99 Å². The van der Waals surface area contributed by atoms with Crippen LogP contribution in [0.2, 0.25) is 0 Å². The highest BCUT2D eigenvalue weighted by Crippen LogP contribution is 2.12. The first-order valence-corrected chi connectivity index (χ1v) is 7.99. The SMILES string of the molecule is C=CCCCN(C)C(=NCc1ccc(F)c(COC)c1)NCC.I. The third kappa shape index (κ3) is 8.10. The molecular formula is C18H29FIN3O. The Balaban J connectivity index is 0.00000529. The van der Waals surface area contributed by atoms with E-state index < -0.39 is 0 Å². The van der Waals surface area contributed by atoms with Gasteiger partial charge in [-0.15, -0.1) is 30.6 Å². The van der Waals surface area contributed by atoms with Crippen molar-refractivity contribution in [3.05, 3.63) is 47.8 Å². The number of rotatable bonds is 9. The molecule has 1 aromatic carbocycles. The molecule has 6 heteroatoms. The van der Waals surface area contributed by atoms with Crippen LogP contribution in [0, 0.1) is 5.82 Å². The molecule has 0 unspecified atom stereocenters. The van der Waals surface area contributed by atoms with Crippen LogP contribution in [0.1, 0.15) is 30.9 Å². The molecule has 0 bridgehead atoms. The lowest BCUT2D eigenvalue weighted by Gasteiger charge is -2.21. The van der Waals surface area contributed by atoms with Gasteiger partial charge in [0, 0.05) is 32.8 Å². The van der Waals surface area contributed by atoms with Crippen molar-refractivity contribution in [3.63, 3.8) is 0 Å². The highest BCUT2D eigenvalue weighted by molar-refractivity contribution is 14.0. The van der Waals surface area contributed by atoms with Gasteiger partial charge in [0.2, 0.25) is 0 Å². The number of unbranched alkanes of at least 4 members (excludes halogenated alkanes) is 1. The number of aliphatic imine (C=N–C) groups is 1. The first kappa shape index (κ1) is 22.9. The molecule has 0 heterocycles. The summed E-state index contributed by atoms with van der Waals surface area (Å²) >= 11 is 0. The Labute approximate surface area is 162 Å². The Hall–Kier alpha value is -1.15. The van der Waals surface area contributed by atoms with Gasteiger partial charge in [-0.1, -0.05) is 12.1 Å². The topological polar surface area (TPSA) is 36.9 Å². The summed E-state index contributed by atoms with van der Waals surface area (Å²) in [5.74, 6) is 0.613. The fourth-order valence-electron chi connectivity index (χ4n) is 2.21. The molecule has 0 saturated carbocycles. The molecule has 4 nitrogen and oxygen atoms in total. The molecule has 0 saturated heterocycles. The summed E-state index contributed by atoms with van der Waals surface area (Å²) in [6.07, 6.45) is 3.95. The van der Waals surface area contributed by atoms with Gasteiger partial charge in [0.05, 0.1) is 13.2 Å². The van der Waals surface area contributed by atoms with E-state index in [1.54, 1.807) is 13.2 Å². The van der Waals surface area contributed by atoms with E-state index in [0.717, 1.165) is 37.5 Å². The van der Waals surface area contributed by atoms with Crippen LogP contribution >= 0.6 is 24.0 Å². The number of hydrogen-bond donors (Lipinski definition) is 1. The van der Waals surface area contributed by atoms with Gasteiger partial charge in [-0.3, -0.25) is 0 Å². The quantitative estimate of drug-likeness (QED) is 0.204. The average molecular weight is 449 g/mol. The Morgan fingerprint density at radius 1 is 1.46 bits per heavy atom. The van der Waals surface area contributed by atoms with Gasteiger partial charge in [0.1, 0.15) is 5.82 Å². The first-order chi connectivity index (χ1) is 11.1. The molecule has 136 valence electrons. The molecule has 0 radical (unpaired) electrons. The van der Waals surface area contributed by atoms with Gasteiger partial charge in [0.25, 0.3) is 0 Å². The largest absolute Gasteiger partial charge is 0.380 e. The summed E-state index contributed by atoms with van der Waals surface area (Å²) < 4.78 is 18.6. The van der Waals surface area contributed by atoms with Crippen molar-refractivity contribution in [1.82, 2.24) is 10.2 Å². The molecule has 0 fully saturated rings. The van der Waals surface area contributed by atoms with Crippen LogP contribution in [0.5, 0.6) is 0 Å². The van der Waals surface area contributed by atoms with Gasteiger partial charge < -0.3 is 15.0 Å². The third-order valence-electron chi connectivity index (χ3n) is 3.42. The number of ether oxygens (including phenoxy) is 1. The predicted octanol–water partition coefficient (Wildman–Crippen LogP) is 3.95. The van der Waals surface area contributed by atoms with Crippen molar-refractivity contribution < 1.29 is 9.13 Å². The van der Waals surface area contributed by atoms with Gasteiger partial charge >= 0.3 is 0 Å². The van der Waals surface area contributed by atoms with Crippen LogP contribution in [0.3, 0.4) is 0 Å². The molecule has 1 N–H and O–H groups in total. The predicted molar refractivity (Wildman–Crippen MR) is 109 cm³/mol. The molecular weight excluding hydrogens is 420 g/mol. The molecule has 0 atom stereocenters. The number of methoxy groups -OCH3 is 1. The second kappa shape index (κ2) is 13.2. The lowest BCUT2D eigenvalue weighted by atomic mass is 10.1. The standard InChI is InChI=1S/C18H28FN3O.HI/c1-5-7-8-11-22(3)18(20-6-2)21-13-15-9-10-17(19)16(12-15)14-23-4;/h5,9-10,12H,1,6-8,11,13-14H2,2-4H3,(H,20,21);1H. The monoisotopic (exact) mass is 449 g/mol. The number of allylic oxidation sites excluding steroid dienone is 1. The number of benzene rings is 1. The fraction of sp³-hybridized carbons (Fsp3) is 0.500. The molecule has 1 rings (SSSR count). The number of guanidine groups is 1. The van der Waals surface area contributed by atoms with Crippen molar-refractivity contribution in [2.45, 2.75) is 32.9 Å². The minimum Gasteiger partial charge on any atom is -0.380 e. The highest BCUT2D eigenvalue weighted by atomic mass is 127. The summed E-state index contributed by atoms with van der Waals surface area (Å²) in [7, 11) is 3.58. The Kier molecular flexibility index (Phi) is 12.5. The van der Waals surface area contributed by atoms with E-state index in [0.29, 0.717) is 12.1 Å². The second-order valence-electron chi connectivity index (χ2n) is 5.38. The van der Waals surface area contributed by atoms with E-state index in [-0.39, 0.29) is 36.4 Å². The lowest BCUT2D eigenvalue weighted by Crippen LogP contribution is -2.39. The maximum absolute atomic E-state index is 13.6. The highest BCUT2D eigenvalue weighted by Gasteiger charge is 2.06. The van der Waals surface area contributed by atoms with Gasteiger partial charge in [-0.25, -0.2) is 9.38 Å². The van der Waals surface area contributed by atoms with Crippen LogP contribution < -0.4 is 5.32 Å². The second-order valence-corrected chi connectivity index (χ2v) is 5.38. The van der Waals surface area contributed by atoms with E-state index >= 15 is 0 Å². The molecule has 24 heavy (non-hydrogen) atoms. The first-order valence-electron chi connectivity index (χ1n) is 7.99. The minimum absolute atomic E-state index is 0. The van der Waals surface area contributed by atoms with Gasteiger partial charge in [-0.05, 0) is 37.5 Å². The summed E-state index contributed by atoms with van der Waals surface area (Å²) in [4.78, 5) is 6.74. The van der Waals surface area contributed by atoms with Crippen LogP contribution in [0.4, 0.5) is 4.39 Å². The minimum atomic E-state index is -0.243.